The van der Waals surface area contributed by atoms with E-state index in [1.54, 1.807) is 0 Å². The lowest BCUT2D eigenvalue weighted by Gasteiger charge is -2.35. The van der Waals surface area contributed by atoms with Crippen LogP contribution in [0.2, 0.25) is 0 Å². The van der Waals surface area contributed by atoms with Crippen LogP contribution < -0.4 is 15.8 Å². The number of anilines is 3. The highest BCUT2D eigenvalue weighted by atomic mass is 32.2. The normalized spacial score (nSPS) is 18.6. The number of rotatable bonds is 5. The third-order valence-electron chi connectivity index (χ3n) is 5.92. The fourth-order valence-electron chi connectivity index (χ4n) is 4.13. The topological polar surface area (TPSA) is 133 Å². The van der Waals surface area contributed by atoms with Crippen molar-refractivity contribution in [1.29, 1.82) is 0 Å². The van der Waals surface area contributed by atoms with E-state index < -0.39 is 10.0 Å². The number of sulfonamides is 1. The summed E-state index contributed by atoms with van der Waals surface area (Å²) in [5.74, 6) is 1.63. The van der Waals surface area contributed by atoms with Crippen LogP contribution in [0.25, 0.3) is 11.4 Å². The Morgan fingerprint density at radius 3 is 2.65 bits per heavy atom. The van der Waals surface area contributed by atoms with E-state index in [9.17, 15) is 13.2 Å². The summed E-state index contributed by atoms with van der Waals surface area (Å²) in [6.07, 6.45) is 2.65. The number of aromatic amines is 1. The number of hydrogen-bond donors (Lipinski definition) is 2. The second-order valence-corrected chi connectivity index (χ2v) is 10.4. The van der Waals surface area contributed by atoms with Crippen molar-refractivity contribution in [2.24, 2.45) is 0 Å². The van der Waals surface area contributed by atoms with Crippen LogP contribution in [0, 0.1) is 0 Å². The van der Waals surface area contributed by atoms with Gasteiger partial charge in [-0.3, -0.25) is 9.78 Å². The monoisotopic (exact) mass is 483 g/mol. The zero-order valence-electron chi connectivity index (χ0n) is 18.9. The van der Waals surface area contributed by atoms with Crippen molar-refractivity contribution < 1.29 is 13.2 Å². The van der Waals surface area contributed by atoms with Crippen LogP contribution in [0.15, 0.2) is 41.3 Å². The van der Waals surface area contributed by atoms with E-state index in [4.69, 9.17) is 14.7 Å². The standard InChI is InChI=1S/C22H25N7O4S/c1-14-13-33-10-9-29(14)21-17-11-28(34(2,31)32)12-18(17)25-20(27-21)15-3-5-16(6-4-15)24-22-23-8-7-19(30)26-22/h3-8,14H,9-13H2,1-2H3,(H2,23,24,26,30)/t14-/m0/s1. The lowest BCUT2D eigenvalue weighted by atomic mass is 10.1. The van der Waals surface area contributed by atoms with Crippen LogP contribution in [0.4, 0.5) is 17.5 Å². The smallest absolute Gasteiger partial charge is 0.252 e. The van der Waals surface area contributed by atoms with Gasteiger partial charge in [-0.05, 0) is 31.2 Å². The van der Waals surface area contributed by atoms with E-state index >= 15 is 0 Å². The molecule has 0 aliphatic carbocycles. The molecule has 1 atom stereocenters. The van der Waals surface area contributed by atoms with Gasteiger partial charge < -0.3 is 15.0 Å². The van der Waals surface area contributed by atoms with Gasteiger partial charge in [0.15, 0.2) is 5.82 Å². The summed E-state index contributed by atoms with van der Waals surface area (Å²) in [5, 5.41) is 3.05. The third-order valence-corrected chi connectivity index (χ3v) is 7.11. The molecule has 2 N–H and O–H groups in total. The van der Waals surface area contributed by atoms with E-state index in [2.05, 4.69) is 27.1 Å². The van der Waals surface area contributed by atoms with E-state index in [0.717, 1.165) is 28.3 Å². The number of nitrogens with one attached hydrogen (secondary N) is 2. The highest BCUT2D eigenvalue weighted by molar-refractivity contribution is 7.88. The summed E-state index contributed by atoms with van der Waals surface area (Å²) >= 11 is 0. The highest BCUT2D eigenvalue weighted by Crippen LogP contribution is 2.34. The number of H-pyrrole nitrogens is 1. The summed E-state index contributed by atoms with van der Waals surface area (Å²) < 4.78 is 31.5. The van der Waals surface area contributed by atoms with Gasteiger partial charge in [0.05, 0.1) is 37.8 Å². The van der Waals surface area contributed by atoms with Crippen molar-refractivity contribution in [2.75, 3.05) is 36.2 Å². The molecule has 0 unspecified atom stereocenters. The fraction of sp³-hybridized carbons (Fsp3) is 0.364. The maximum absolute atomic E-state index is 12.2. The van der Waals surface area contributed by atoms with Crippen LogP contribution in [-0.2, 0) is 27.8 Å². The summed E-state index contributed by atoms with van der Waals surface area (Å²) in [4.78, 5) is 30.0. The molecule has 0 bridgehead atoms. The summed E-state index contributed by atoms with van der Waals surface area (Å²) in [7, 11) is -3.36. The quantitative estimate of drug-likeness (QED) is 0.553. The predicted molar refractivity (Wildman–Crippen MR) is 127 cm³/mol. The van der Waals surface area contributed by atoms with Gasteiger partial charge in [0.1, 0.15) is 5.82 Å². The maximum Gasteiger partial charge on any atom is 0.252 e. The molecule has 0 amide bonds. The van der Waals surface area contributed by atoms with Gasteiger partial charge in [0, 0.05) is 42.2 Å². The minimum atomic E-state index is -3.36. The Labute approximate surface area is 196 Å². The van der Waals surface area contributed by atoms with Crippen molar-refractivity contribution >= 4 is 27.5 Å². The molecule has 34 heavy (non-hydrogen) atoms. The molecule has 11 nitrogen and oxygen atoms in total. The third kappa shape index (κ3) is 4.52. The van der Waals surface area contributed by atoms with Gasteiger partial charge in [0.25, 0.3) is 5.56 Å². The molecule has 12 heteroatoms. The molecule has 0 radical (unpaired) electrons. The molecule has 5 rings (SSSR count). The minimum absolute atomic E-state index is 0.111. The number of ether oxygens (including phenoxy) is 1. The molecule has 1 aromatic carbocycles. The van der Waals surface area contributed by atoms with E-state index in [-0.39, 0.29) is 24.7 Å². The Bertz CT molecular complexity index is 1370. The van der Waals surface area contributed by atoms with Crippen molar-refractivity contribution in [3.05, 3.63) is 58.1 Å². The van der Waals surface area contributed by atoms with Crippen molar-refractivity contribution in [3.63, 3.8) is 0 Å². The molecule has 2 aliphatic heterocycles. The molecule has 1 saturated heterocycles. The SMILES string of the molecule is C[C@H]1COCCN1c1nc(-c2ccc(Nc3nccc(=O)[nH]3)cc2)nc2c1CN(S(C)(=O)=O)C2. The lowest BCUT2D eigenvalue weighted by Crippen LogP contribution is -2.44. The Hall–Kier alpha value is -3.35. The van der Waals surface area contributed by atoms with Crippen molar-refractivity contribution in [2.45, 2.75) is 26.1 Å². The summed E-state index contributed by atoms with van der Waals surface area (Å²) in [6.45, 7) is 4.40. The lowest BCUT2D eigenvalue weighted by molar-refractivity contribution is 0.0984. The Kier molecular flexibility index (Phi) is 5.80. The second-order valence-electron chi connectivity index (χ2n) is 8.43. The number of benzene rings is 1. The number of hydrogen-bond acceptors (Lipinski definition) is 9. The number of aromatic nitrogens is 4. The first-order chi connectivity index (χ1) is 16.3. The van der Waals surface area contributed by atoms with Gasteiger partial charge in [-0.25, -0.2) is 23.4 Å². The average molecular weight is 484 g/mol. The Morgan fingerprint density at radius 1 is 1.15 bits per heavy atom. The average Bonchev–Trinajstić information content (AvgIpc) is 3.25. The zero-order chi connectivity index (χ0) is 23.9. The van der Waals surface area contributed by atoms with Gasteiger partial charge >= 0.3 is 0 Å². The molecule has 1 fully saturated rings. The van der Waals surface area contributed by atoms with Crippen LogP contribution in [0.5, 0.6) is 0 Å². The maximum atomic E-state index is 12.2. The number of nitrogens with zero attached hydrogens (tertiary/aromatic N) is 5. The molecule has 3 aromatic rings. The number of morpholine rings is 1. The van der Waals surface area contributed by atoms with E-state index in [0.29, 0.717) is 31.5 Å². The molecular weight excluding hydrogens is 458 g/mol. The molecule has 2 aromatic heterocycles. The Balaban J connectivity index is 1.49. The van der Waals surface area contributed by atoms with Crippen LogP contribution in [0.3, 0.4) is 0 Å². The van der Waals surface area contributed by atoms with Gasteiger partial charge in [-0.2, -0.15) is 4.31 Å². The molecule has 178 valence electrons. The first-order valence-corrected chi connectivity index (χ1v) is 12.7. The minimum Gasteiger partial charge on any atom is -0.377 e. The first kappa shape index (κ1) is 22.4. The number of fused-ring (bicyclic) bond motifs is 1. The largest absolute Gasteiger partial charge is 0.377 e. The molecule has 4 heterocycles. The predicted octanol–water partition coefficient (Wildman–Crippen LogP) is 1.47. The molecule has 0 spiro atoms. The summed E-state index contributed by atoms with van der Waals surface area (Å²) in [5.41, 5.74) is 2.86. The first-order valence-electron chi connectivity index (χ1n) is 10.9. The zero-order valence-corrected chi connectivity index (χ0v) is 19.7. The van der Waals surface area contributed by atoms with Crippen molar-refractivity contribution in [1.82, 2.24) is 24.2 Å². The van der Waals surface area contributed by atoms with E-state index in [1.165, 1.54) is 22.8 Å². The van der Waals surface area contributed by atoms with Gasteiger partial charge in [0.2, 0.25) is 16.0 Å². The summed E-state index contributed by atoms with van der Waals surface area (Å²) in [6, 6.07) is 8.90. The molecule has 2 aliphatic rings. The van der Waals surface area contributed by atoms with Gasteiger partial charge in [-0.15, -0.1) is 0 Å². The van der Waals surface area contributed by atoms with Crippen LogP contribution in [0.1, 0.15) is 18.2 Å². The highest BCUT2D eigenvalue weighted by Gasteiger charge is 2.34. The molecule has 0 saturated carbocycles. The molecular formula is C22H25N7O4S. The van der Waals surface area contributed by atoms with Crippen molar-refractivity contribution in [3.8, 4) is 11.4 Å². The Morgan fingerprint density at radius 2 is 1.94 bits per heavy atom. The van der Waals surface area contributed by atoms with Crippen LogP contribution in [-0.4, -0.2) is 64.7 Å². The fourth-order valence-corrected chi connectivity index (χ4v) is 4.85. The van der Waals surface area contributed by atoms with Gasteiger partial charge in [-0.1, -0.05) is 0 Å². The van der Waals surface area contributed by atoms with E-state index in [1.807, 2.05) is 24.3 Å². The second kappa shape index (κ2) is 8.78. The van der Waals surface area contributed by atoms with Crippen LogP contribution >= 0.6 is 0 Å².